The molecule has 0 spiro atoms. The Labute approximate surface area is 98.0 Å². The fourth-order valence-corrected chi connectivity index (χ4v) is 1.84. The summed E-state index contributed by atoms with van der Waals surface area (Å²) in [5, 5.41) is 3.38. The van der Waals surface area contributed by atoms with E-state index in [1.54, 1.807) is 0 Å². The number of benzene rings is 1. The maximum Gasteiger partial charge on any atom is 0.119 e. The fourth-order valence-electron chi connectivity index (χ4n) is 1.84. The minimum Gasteiger partial charge on any atom is -0.493 e. The van der Waals surface area contributed by atoms with E-state index in [-0.39, 0.29) is 5.41 Å². The summed E-state index contributed by atoms with van der Waals surface area (Å²) in [5.41, 5.74) is 3.07. The summed E-state index contributed by atoms with van der Waals surface area (Å²) in [7, 11) is 0. The first-order valence-electron chi connectivity index (χ1n) is 6.00. The minimum absolute atomic E-state index is 0.220. The van der Waals surface area contributed by atoms with Crippen molar-refractivity contribution < 1.29 is 4.74 Å². The van der Waals surface area contributed by atoms with Gasteiger partial charge in [0.05, 0.1) is 6.61 Å². The monoisotopic (exact) mass is 219 g/mol. The summed E-state index contributed by atoms with van der Waals surface area (Å²) in [6, 6.07) is 6.46. The van der Waals surface area contributed by atoms with Gasteiger partial charge in [0.1, 0.15) is 5.75 Å². The molecule has 0 unspecified atom stereocenters. The van der Waals surface area contributed by atoms with Crippen LogP contribution in [0.5, 0.6) is 5.75 Å². The zero-order valence-electron chi connectivity index (χ0n) is 10.5. The van der Waals surface area contributed by atoms with E-state index in [2.05, 4.69) is 44.3 Å². The topological polar surface area (TPSA) is 21.3 Å². The van der Waals surface area contributed by atoms with Gasteiger partial charge in [0.25, 0.3) is 0 Å². The van der Waals surface area contributed by atoms with Gasteiger partial charge in [-0.15, -0.1) is 0 Å². The van der Waals surface area contributed by atoms with E-state index in [0.29, 0.717) is 0 Å². The van der Waals surface area contributed by atoms with E-state index in [1.807, 2.05) is 0 Å². The largest absolute Gasteiger partial charge is 0.493 e. The quantitative estimate of drug-likeness (QED) is 0.826. The molecule has 1 heterocycles. The molecule has 2 rings (SSSR count). The van der Waals surface area contributed by atoms with Crippen molar-refractivity contribution in [2.24, 2.45) is 5.41 Å². The van der Waals surface area contributed by atoms with Gasteiger partial charge < -0.3 is 10.1 Å². The SMILES string of the molecule is CC(C)(C)COc1ccc2c(c1)CCNC2. The number of hydrogen-bond donors (Lipinski definition) is 1. The number of fused-ring (bicyclic) bond motifs is 1. The highest BCUT2D eigenvalue weighted by Crippen LogP contribution is 2.22. The van der Waals surface area contributed by atoms with Crippen LogP contribution in [0.1, 0.15) is 31.9 Å². The Morgan fingerprint density at radius 2 is 2.06 bits per heavy atom. The van der Waals surface area contributed by atoms with E-state index in [1.165, 1.54) is 11.1 Å². The van der Waals surface area contributed by atoms with Crippen molar-refractivity contribution in [3.8, 4) is 5.75 Å². The van der Waals surface area contributed by atoms with Crippen LogP contribution in [0.2, 0.25) is 0 Å². The van der Waals surface area contributed by atoms with Crippen LogP contribution in [0.15, 0.2) is 18.2 Å². The lowest BCUT2D eigenvalue weighted by Crippen LogP contribution is -2.23. The van der Waals surface area contributed by atoms with E-state index < -0.39 is 0 Å². The van der Waals surface area contributed by atoms with Gasteiger partial charge in [-0.05, 0) is 41.6 Å². The molecule has 16 heavy (non-hydrogen) atoms. The summed E-state index contributed by atoms with van der Waals surface area (Å²) in [6.07, 6.45) is 1.11. The van der Waals surface area contributed by atoms with Gasteiger partial charge in [-0.1, -0.05) is 26.8 Å². The van der Waals surface area contributed by atoms with E-state index in [9.17, 15) is 0 Å². The molecule has 0 amide bonds. The number of ether oxygens (including phenoxy) is 1. The molecule has 0 saturated carbocycles. The smallest absolute Gasteiger partial charge is 0.119 e. The molecule has 0 atom stereocenters. The van der Waals surface area contributed by atoms with Gasteiger partial charge in [0.15, 0.2) is 0 Å². The number of hydrogen-bond acceptors (Lipinski definition) is 2. The summed E-state index contributed by atoms with van der Waals surface area (Å²) >= 11 is 0. The van der Waals surface area contributed by atoms with Crippen molar-refractivity contribution in [3.63, 3.8) is 0 Å². The van der Waals surface area contributed by atoms with E-state index in [0.717, 1.165) is 31.9 Å². The van der Waals surface area contributed by atoms with Crippen LogP contribution >= 0.6 is 0 Å². The summed E-state index contributed by atoms with van der Waals surface area (Å²) in [4.78, 5) is 0. The normalized spacial score (nSPS) is 15.7. The van der Waals surface area contributed by atoms with Crippen LogP contribution in [-0.2, 0) is 13.0 Å². The molecule has 0 saturated heterocycles. The molecule has 88 valence electrons. The van der Waals surface area contributed by atoms with Crippen molar-refractivity contribution in [2.45, 2.75) is 33.7 Å². The lowest BCUT2D eigenvalue weighted by molar-refractivity contribution is 0.197. The molecule has 1 aliphatic heterocycles. The molecule has 1 aromatic carbocycles. The van der Waals surface area contributed by atoms with Gasteiger partial charge in [-0.3, -0.25) is 0 Å². The summed E-state index contributed by atoms with van der Waals surface area (Å²) in [6.45, 7) is 9.41. The average molecular weight is 219 g/mol. The average Bonchev–Trinajstić information content (AvgIpc) is 2.25. The maximum atomic E-state index is 5.82. The molecule has 1 N–H and O–H groups in total. The second kappa shape index (κ2) is 4.46. The van der Waals surface area contributed by atoms with Gasteiger partial charge in [-0.25, -0.2) is 0 Å². The third-order valence-electron chi connectivity index (χ3n) is 2.74. The maximum absolute atomic E-state index is 5.82. The lowest BCUT2D eigenvalue weighted by Gasteiger charge is -2.21. The highest BCUT2D eigenvalue weighted by Gasteiger charge is 2.13. The summed E-state index contributed by atoms with van der Waals surface area (Å²) in [5.74, 6) is 1.01. The first kappa shape index (κ1) is 11.5. The molecule has 1 aromatic rings. The number of rotatable bonds is 2. The van der Waals surface area contributed by atoms with Crippen molar-refractivity contribution in [1.29, 1.82) is 0 Å². The first-order valence-corrected chi connectivity index (χ1v) is 6.00. The van der Waals surface area contributed by atoms with Gasteiger partial charge in [0, 0.05) is 6.54 Å². The highest BCUT2D eigenvalue weighted by molar-refractivity contribution is 5.37. The number of nitrogens with one attached hydrogen (secondary N) is 1. The van der Waals surface area contributed by atoms with Gasteiger partial charge in [-0.2, -0.15) is 0 Å². The molecule has 0 radical (unpaired) electrons. The Bertz CT molecular complexity index is 365. The second-order valence-corrected chi connectivity index (χ2v) is 5.71. The summed E-state index contributed by atoms with van der Waals surface area (Å²) < 4.78 is 5.82. The van der Waals surface area contributed by atoms with Crippen LogP contribution < -0.4 is 10.1 Å². The van der Waals surface area contributed by atoms with Crippen LogP contribution in [0.3, 0.4) is 0 Å². The molecule has 0 fully saturated rings. The van der Waals surface area contributed by atoms with E-state index in [4.69, 9.17) is 4.74 Å². The van der Waals surface area contributed by atoms with Crippen molar-refractivity contribution in [3.05, 3.63) is 29.3 Å². The van der Waals surface area contributed by atoms with Gasteiger partial charge in [0.2, 0.25) is 0 Å². The Hall–Kier alpha value is -1.02. The van der Waals surface area contributed by atoms with Crippen LogP contribution in [0, 0.1) is 5.41 Å². The molecule has 0 aliphatic carbocycles. The molecule has 0 bridgehead atoms. The van der Waals surface area contributed by atoms with Crippen LogP contribution in [-0.4, -0.2) is 13.2 Å². The van der Waals surface area contributed by atoms with Crippen molar-refractivity contribution >= 4 is 0 Å². The molecule has 2 nitrogen and oxygen atoms in total. The van der Waals surface area contributed by atoms with Gasteiger partial charge >= 0.3 is 0 Å². The third kappa shape index (κ3) is 2.99. The zero-order chi connectivity index (χ0) is 11.6. The van der Waals surface area contributed by atoms with Crippen molar-refractivity contribution in [2.75, 3.05) is 13.2 Å². The van der Waals surface area contributed by atoms with Crippen molar-refractivity contribution in [1.82, 2.24) is 5.32 Å². The Balaban J connectivity index is 2.06. The lowest BCUT2D eigenvalue weighted by atomic mass is 9.98. The standard InChI is InChI=1S/C14H21NO/c1-14(2,3)10-16-13-5-4-12-9-15-7-6-11(12)8-13/h4-5,8,15H,6-7,9-10H2,1-3H3. The molecular formula is C14H21NO. The Morgan fingerprint density at radius 1 is 1.25 bits per heavy atom. The Morgan fingerprint density at radius 3 is 2.81 bits per heavy atom. The van der Waals surface area contributed by atoms with Crippen LogP contribution in [0.25, 0.3) is 0 Å². The molecule has 0 aromatic heterocycles. The molecular weight excluding hydrogens is 198 g/mol. The first-order chi connectivity index (χ1) is 7.54. The Kier molecular flexibility index (Phi) is 3.20. The minimum atomic E-state index is 0.220. The second-order valence-electron chi connectivity index (χ2n) is 5.71. The predicted molar refractivity (Wildman–Crippen MR) is 66.8 cm³/mol. The fraction of sp³-hybridized carbons (Fsp3) is 0.571. The van der Waals surface area contributed by atoms with E-state index >= 15 is 0 Å². The third-order valence-corrected chi connectivity index (χ3v) is 2.74. The van der Waals surface area contributed by atoms with Crippen LogP contribution in [0.4, 0.5) is 0 Å². The molecule has 1 aliphatic rings. The zero-order valence-corrected chi connectivity index (χ0v) is 10.5. The highest BCUT2D eigenvalue weighted by atomic mass is 16.5. The predicted octanol–water partition coefficient (Wildman–Crippen LogP) is 2.76. The molecule has 2 heteroatoms.